The highest BCUT2D eigenvalue weighted by molar-refractivity contribution is 7.17. The van der Waals surface area contributed by atoms with Crippen LogP contribution >= 0.6 is 11.3 Å². The molecule has 6 heteroatoms. The average Bonchev–Trinajstić information content (AvgIpc) is 2.78. The third-order valence-electron chi connectivity index (χ3n) is 2.59. The molecule has 0 saturated heterocycles. The van der Waals surface area contributed by atoms with E-state index in [-0.39, 0.29) is 11.7 Å². The molecular formula is C13H14FN3OS. The molecular weight excluding hydrogens is 265 g/mol. The molecule has 0 atom stereocenters. The summed E-state index contributed by atoms with van der Waals surface area (Å²) >= 11 is 1.31. The van der Waals surface area contributed by atoms with Gasteiger partial charge in [-0.25, -0.2) is 9.37 Å². The van der Waals surface area contributed by atoms with Crippen molar-refractivity contribution in [1.82, 2.24) is 10.3 Å². The number of anilines is 1. The number of carbonyl (C=O) groups is 1. The standard InChI is InChI=1S/C13H14FN3OS/c1-8-11(12(18)15-2)19-13(17-8)16-7-9-3-5-10(14)6-4-9/h3-6H,7H2,1-2H3,(H,15,18)(H,16,17). The number of amides is 1. The van der Waals surface area contributed by atoms with Gasteiger partial charge in [0.15, 0.2) is 5.13 Å². The molecule has 0 unspecified atom stereocenters. The number of rotatable bonds is 4. The van der Waals surface area contributed by atoms with Crippen molar-refractivity contribution in [3.05, 3.63) is 46.2 Å². The molecule has 1 aromatic carbocycles. The highest BCUT2D eigenvalue weighted by Crippen LogP contribution is 2.22. The van der Waals surface area contributed by atoms with Gasteiger partial charge >= 0.3 is 0 Å². The van der Waals surface area contributed by atoms with Crippen molar-refractivity contribution in [2.24, 2.45) is 0 Å². The molecule has 0 saturated carbocycles. The second kappa shape index (κ2) is 5.79. The van der Waals surface area contributed by atoms with Gasteiger partial charge < -0.3 is 10.6 Å². The lowest BCUT2D eigenvalue weighted by Crippen LogP contribution is -2.17. The SMILES string of the molecule is CNC(=O)c1sc(NCc2ccc(F)cc2)nc1C. The van der Waals surface area contributed by atoms with E-state index in [1.165, 1.54) is 23.5 Å². The number of nitrogens with one attached hydrogen (secondary N) is 2. The van der Waals surface area contributed by atoms with Gasteiger partial charge in [0.25, 0.3) is 5.91 Å². The summed E-state index contributed by atoms with van der Waals surface area (Å²) in [5, 5.41) is 6.38. The van der Waals surface area contributed by atoms with Crippen LogP contribution in [0.1, 0.15) is 20.9 Å². The summed E-state index contributed by atoms with van der Waals surface area (Å²) in [6.45, 7) is 2.34. The molecule has 2 rings (SSSR count). The van der Waals surface area contributed by atoms with E-state index in [1.54, 1.807) is 26.1 Å². The number of aromatic nitrogens is 1. The Labute approximate surface area is 114 Å². The first-order valence-corrected chi connectivity index (χ1v) is 6.59. The van der Waals surface area contributed by atoms with Crippen LogP contribution in [0.2, 0.25) is 0 Å². The summed E-state index contributed by atoms with van der Waals surface area (Å²) in [7, 11) is 1.59. The molecule has 4 nitrogen and oxygen atoms in total. The van der Waals surface area contributed by atoms with Crippen LogP contribution in [0.4, 0.5) is 9.52 Å². The smallest absolute Gasteiger partial charge is 0.263 e. The molecule has 2 N–H and O–H groups in total. The lowest BCUT2D eigenvalue weighted by molar-refractivity contribution is 0.0966. The van der Waals surface area contributed by atoms with Crippen LogP contribution in [-0.2, 0) is 6.54 Å². The van der Waals surface area contributed by atoms with Crippen molar-refractivity contribution in [3.63, 3.8) is 0 Å². The van der Waals surface area contributed by atoms with Gasteiger partial charge in [-0.15, -0.1) is 0 Å². The molecule has 1 amide bonds. The first kappa shape index (κ1) is 13.5. The lowest BCUT2D eigenvalue weighted by Gasteiger charge is -2.02. The van der Waals surface area contributed by atoms with E-state index in [4.69, 9.17) is 0 Å². The molecule has 0 aliphatic heterocycles. The van der Waals surface area contributed by atoms with Gasteiger partial charge in [-0.2, -0.15) is 0 Å². The zero-order valence-electron chi connectivity index (χ0n) is 10.7. The summed E-state index contributed by atoms with van der Waals surface area (Å²) in [6.07, 6.45) is 0. The fraction of sp³-hybridized carbons (Fsp3) is 0.231. The average molecular weight is 279 g/mol. The Hall–Kier alpha value is -1.95. The van der Waals surface area contributed by atoms with E-state index in [1.807, 2.05) is 0 Å². The Morgan fingerprint density at radius 1 is 1.37 bits per heavy atom. The number of benzene rings is 1. The summed E-state index contributed by atoms with van der Waals surface area (Å²) < 4.78 is 12.8. The van der Waals surface area contributed by atoms with Gasteiger partial charge in [0, 0.05) is 13.6 Å². The quantitative estimate of drug-likeness (QED) is 0.904. The monoisotopic (exact) mass is 279 g/mol. The number of nitrogens with zero attached hydrogens (tertiary/aromatic N) is 1. The minimum Gasteiger partial charge on any atom is -0.357 e. The molecule has 2 aromatic rings. The fourth-order valence-corrected chi connectivity index (χ4v) is 2.48. The maximum absolute atomic E-state index is 12.8. The summed E-state index contributed by atoms with van der Waals surface area (Å²) in [5.74, 6) is -0.388. The Kier molecular flexibility index (Phi) is 4.11. The number of hydrogen-bond acceptors (Lipinski definition) is 4. The Morgan fingerprint density at radius 3 is 2.68 bits per heavy atom. The molecule has 0 fully saturated rings. The van der Waals surface area contributed by atoms with Gasteiger partial charge in [-0.3, -0.25) is 4.79 Å². The third kappa shape index (κ3) is 3.29. The van der Waals surface area contributed by atoms with Crippen LogP contribution < -0.4 is 10.6 Å². The highest BCUT2D eigenvalue weighted by atomic mass is 32.1. The zero-order chi connectivity index (χ0) is 13.8. The molecule has 0 spiro atoms. The second-order valence-electron chi connectivity index (χ2n) is 3.99. The minimum atomic E-state index is -0.254. The summed E-state index contributed by atoms with van der Waals surface area (Å²) in [4.78, 5) is 16.4. The van der Waals surface area contributed by atoms with Crippen molar-refractivity contribution >= 4 is 22.4 Å². The van der Waals surface area contributed by atoms with Gasteiger partial charge in [-0.05, 0) is 24.6 Å². The Balaban J connectivity index is 2.04. The van der Waals surface area contributed by atoms with E-state index >= 15 is 0 Å². The van der Waals surface area contributed by atoms with Crippen LogP contribution in [0.3, 0.4) is 0 Å². The van der Waals surface area contributed by atoms with Gasteiger partial charge in [-0.1, -0.05) is 23.5 Å². The van der Waals surface area contributed by atoms with Gasteiger partial charge in [0.1, 0.15) is 10.7 Å². The van der Waals surface area contributed by atoms with E-state index < -0.39 is 0 Å². The molecule has 0 bridgehead atoms. The second-order valence-corrected chi connectivity index (χ2v) is 4.99. The van der Waals surface area contributed by atoms with Gasteiger partial charge in [0.05, 0.1) is 5.69 Å². The van der Waals surface area contributed by atoms with E-state index in [0.717, 1.165) is 5.56 Å². The van der Waals surface area contributed by atoms with Crippen molar-refractivity contribution in [3.8, 4) is 0 Å². The van der Waals surface area contributed by atoms with Gasteiger partial charge in [0.2, 0.25) is 0 Å². The molecule has 0 aliphatic rings. The fourth-order valence-electron chi connectivity index (χ4n) is 1.58. The minimum absolute atomic E-state index is 0.134. The van der Waals surface area contributed by atoms with E-state index in [9.17, 15) is 9.18 Å². The molecule has 1 heterocycles. The Morgan fingerprint density at radius 2 is 2.05 bits per heavy atom. The summed E-state index contributed by atoms with van der Waals surface area (Å²) in [5.41, 5.74) is 1.65. The Bertz CT molecular complexity index is 580. The van der Waals surface area contributed by atoms with Crippen molar-refractivity contribution in [2.75, 3.05) is 12.4 Å². The normalized spacial score (nSPS) is 10.3. The predicted molar refractivity (Wildman–Crippen MR) is 74.0 cm³/mol. The van der Waals surface area contributed by atoms with Crippen molar-refractivity contribution in [1.29, 1.82) is 0 Å². The third-order valence-corrected chi connectivity index (χ3v) is 3.70. The van der Waals surface area contributed by atoms with Crippen LogP contribution in [0.25, 0.3) is 0 Å². The molecule has 100 valence electrons. The van der Waals surface area contributed by atoms with E-state index in [2.05, 4.69) is 15.6 Å². The molecule has 0 aliphatic carbocycles. The number of aryl methyl sites for hydroxylation is 1. The molecule has 1 aromatic heterocycles. The van der Waals surface area contributed by atoms with Crippen LogP contribution in [0.5, 0.6) is 0 Å². The number of hydrogen-bond donors (Lipinski definition) is 2. The number of carbonyl (C=O) groups excluding carboxylic acids is 1. The topological polar surface area (TPSA) is 54.0 Å². The molecule has 0 radical (unpaired) electrons. The zero-order valence-corrected chi connectivity index (χ0v) is 11.5. The van der Waals surface area contributed by atoms with Crippen molar-refractivity contribution < 1.29 is 9.18 Å². The first-order valence-electron chi connectivity index (χ1n) is 5.78. The maximum atomic E-state index is 12.8. The van der Waals surface area contributed by atoms with Crippen molar-refractivity contribution in [2.45, 2.75) is 13.5 Å². The molecule has 19 heavy (non-hydrogen) atoms. The number of halogens is 1. The number of thiazole rings is 1. The maximum Gasteiger partial charge on any atom is 0.263 e. The highest BCUT2D eigenvalue weighted by Gasteiger charge is 2.13. The predicted octanol–water partition coefficient (Wildman–Crippen LogP) is 2.56. The van der Waals surface area contributed by atoms with Crippen LogP contribution in [0.15, 0.2) is 24.3 Å². The lowest BCUT2D eigenvalue weighted by atomic mass is 10.2. The van der Waals surface area contributed by atoms with Crippen LogP contribution in [-0.4, -0.2) is 17.9 Å². The first-order chi connectivity index (χ1) is 9.10. The largest absolute Gasteiger partial charge is 0.357 e. The summed E-state index contributed by atoms with van der Waals surface area (Å²) in [6, 6.07) is 6.26. The van der Waals surface area contributed by atoms with E-state index in [0.29, 0.717) is 22.2 Å². The van der Waals surface area contributed by atoms with Crippen LogP contribution in [0, 0.1) is 12.7 Å².